The molecule has 0 amide bonds. The van der Waals surface area contributed by atoms with Crippen LogP contribution in [0.25, 0.3) is 22.1 Å². The average Bonchev–Trinajstić information content (AvgIpc) is 2.80. The molecular weight excluding hydrogens is 512 g/mol. The molecule has 4 rings (SSSR count). The van der Waals surface area contributed by atoms with Crippen LogP contribution >= 0.6 is 27.5 Å². The Hall–Kier alpha value is -3.42. The first-order valence-electron chi connectivity index (χ1n) is 9.89. The summed E-state index contributed by atoms with van der Waals surface area (Å²) in [6, 6.07) is 17.7. The summed E-state index contributed by atoms with van der Waals surface area (Å²) in [7, 11) is 0. The third kappa shape index (κ3) is 4.69. The van der Waals surface area contributed by atoms with Crippen molar-refractivity contribution in [1.82, 2.24) is 0 Å². The number of hydrogen-bond donors (Lipinski definition) is 0. The predicted molar refractivity (Wildman–Crippen MR) is 128 cm³/mol. The Kier molecular flexibility index (Phi) is 6.62. The van der Waals surface area contributed by atoms with Gasteiger partial charge in [-0.05, 0) is 48.9 Å². The van der Waals surface area contributed by atoms with Gasteiger partial charge < -0.3 is 13.9 Å². The summed E-state index contributed by atoms with van der Waals surface area (Å²) in [5, 5.41) is 0.470. The first-order valence-corrected chi connectivity index (χ1v) is 11.1. The number of ether oxygens (including phenoxy) is 2. The van der Waals surface area contributed by atoms with Gasteiger partial charge in [0.2, 0.25) is 11.2 Å². The van der Waals surface area contributed by atoms with Crippen LogP contribution in [0.1, 0.15) is 27.8 Å². The lowest BCUT2D eigenvalue weighted by atomic mass is 10.0. The van der Waals surface area contributed by atoms with Gasteiger partial charge in [0.05, 0.1) is 28.1 Å². The molecule has 0 radical (unpaired) electrons. The minimum Gasteiger partial charge on any atom is -0.460 e. The van der Waals surface area contributed by atoms with Crippen molar-refractivity contribution in [3.05, 3.63) is 97.8 Å². The lowest BCUT2D eigenvalue weighted by molar-refractivity contribution is 0.0491. The summed E-state index contributed by atoms with van der Waals surface area (Å²) >= 11 is 9.41. The van der Waals surface area contributed by atoms with E-state index in [1.807, 2.05) is 0 Å². The van der Waals surface area contributed by atoms with Crippen LogP contribution < -0.4 is 10.2 Å². The van der Waals surface area contributed by atoms with E-state index in [4.69, 9.17) is 25.5 Å². The average molecular weight is 528 g/mol. The molecule has 0 fully saturated rings. The third-order valence-corrected chi connectivity index (χ3v) is 5.62. The van der Waals surface area contributed by atoms with Crippen molar-refractivity contribution in [2.45, 2.75) is 6.92 Å². The van der Waals surface area contributed by atoms with Gasteiger partial charge in [0.1, 0.15) is 11.3 Å². The molecule has 0 saturated carbocycles. The molecule has 0 aliphatic rings. The van der Waals surface area contributed by atoms with Gasteiger partial charge >= 0.3 is 11.9 Å². The molecule has 0 spiro atoms. The van der Waals surface area contributed by atoms with Crippen LogP contribution in [0.15, 0.2) is 80.4 Å². The van der Waals surface area contributed by atoms with Crippen molar-refractivity contribution in [3.8, 4) is 16.9 Å². The second-order valence-corrected chi connectivity index (χ2v) is 8.21. The summed E-state index contributed by atoms with van der Waals surface area (Å²) < 4.78 is 17.1. The van der Waals surface area contributed by atoms with Crippen molar-refractivity contribution in [2.24, 2.45) is 0 Å². The number of carbonyl (C=O) groups excluding carboxylic acids is 2. The van der Waals surface area contributed by atoms with Crippen molar-refractivity contribution < 1.29 is 23.5 Å². The largest absolute Gasteiger partial charge is 0.460 e. The molecule has 4 aromatic rings. The zero-order valence-corrected chi connectivity index (χ0v) is 19.6. The third-order valence-electron chi connectivity index (χ3n) is 4.76. The maximum atomic E-state index is 13.3. The van der Waals surface area contributed by atoms with Gasteiger partial charge in [-0.1, -0.05) is 51.8 Å². The van der Waals surface area contributed by atoms with Gasteiger partial charge in [-0.15, -0.1) is 0 Å². The highest BCUT2D eigenvalue weighted by Gasteiger charge is 2.23. The maximum Gasteiger partial charge on any atom is 0.375 e. The van der Waals surface area contributed by atoms with Crippen molar-refractivity contribution in [3.63, 3.8) is 0 Å². The van der Waals surface area contributed by atoms with E-state index in [0.29, 0.717) is 5.56 Å². The number of fused-ring (bicyclic) bond motifs is 1. The molecule has 8 heteroatoms. The van der Waals surface area contributed by atoms with Crippen LogP contribution in [0.4, 0.5) is 0 Å². The van der Waals surface area contributed by atoms with Crippen LogP contribution in [0.2, 0.25) is 5.02 Å². The summed E-state index contributed by atoms with van der Waals surface area (Å²) in [6.07, 6.45) is 0. The second kappa shape index (κ2) is 9.60. The van der Waals surface area contributed by atoms with E-state index >= 15 is 0 Å². The minimum absolute atomic E-state index is 0.0772. The van der Waals surface area contributed by atoms with Crippen molar-refractivity contribution in [1.29, 1.82) is 0 Å². The van der Waals surface area contributed by atoms with Crippen LogP contribution in [-0.4, -0.2) is 18.5 Å². The Labute approximate surface area is 201 Å². The molecule has 0 bridgehead atoms. The standard InChI is InChI=1S/C25H16BrClO6/c1-2-31-25(30)23-21(14-7-9-15(26)10-8-14)22(28)18-12-11-16(13-20(18)33-23)32-24(29)17-5-3-4-6-19(17)27/h3-13H,2H2,1H3. The fourth-order valence-electron chi connectivity index (χ4n) is 3.24. The monoisotopic (exact) mass is 526 g/mol. The van der Waals surface area contributed by atoms with E-state index < -0.39 is 17.4 Å². The van der Waals surface area contributed by atoms with Gasteiger partial charge in [-0.3, -0.25) is 4.79 Å². The molecule has 0 aliphatic carbocycles. The molecule has 3 aromatic carbocycles. The topological polar surface area (TPSA) is 82.8 Å². The summed E-state index contributed by atoms with van der Waals surface area (Å²) in [4.78, 5) is 38.4. The number of benzene rings is 3. The first kappa shape index (κ1) is 22.8. The Morgan fingerprint density at radius 3 is 2.42 bits per heavy atom. The molecule has 0 unspecified atom stereocenters. The molecule has 0 N–H and O–H groups in total. The Morgan fingerprint density at radius 2 is 1.73 bits per heavy atom. The molecule has 6 nitrogen and oxygen atoms in total. The first-order chi connectivity index (χ1) is 15.9. The number of esters is 2. The highest BCUT2D eigenvalue weighted by Crippen LogP contribution is 2.29. The zero-order chi connectivity index (χ0) is 23.5. The molecule has 1 heterocycles. The van der Waals surface area contributed by atoms with Crippen LogP contribution in [0.5, 0.6) is 5.75 Å². The van der Waals surface area contributed by atoms with Crippen molar-refractivity contribution in [2.75, 3.05) is 6.61 Å². The molecule has 33 heavy (non-hydrogen) atoms. The highest BCUT2D eigenvalue weighted by atomic mass is 79.9. The number of hydrogen-bond acceptors (Lipinski definition) is 6. The smallest absolute Gasteiger partial charge is 0.375 e. The van der Waals surface area contributed by atoms with Gasteiger partial charge in [0.15, 0.2) is 0 Å². The normalized spacial score (nSPS) is 10.8. The Bertz CT molecular complexity index is 1430. The quantitative estimate of drug-likeness (QED) is 0.225. The summed E-state index contributed by atoms with van der Waals surface area (Å²) in [5.74, 6) is -1.54. The zero-order valence-electron chi connectivity index (χ0n) is 17.3. The van der Waals surface area contributed by atoms with Gasteiger partial charge in [0, 0.05) is 10.5 Å². The molecule has 166 valence electrons. The van der Waals surface area contributed by atoms with Crippen LogP contribution in [0, 0.1) is 0 Å². The van der Waals surface area contributed by atoms with Gasteiger partial charge in [-0.25, -0.2) is 9.59 Å². The van der Waals surface area contributed by atoms with E-state index in [1.165, 1.54) is 24.3 Å². The van der Waals surface area contributed by atoms with Crippen LogP contribution in [-0.2, 0) is 4.74 Å². The minimum atomic E-state index is -0.770. The molecule has 1 aromatic heterocycles. The lowest BCUT2D eigenvalue weighted by Crippen LogP contribution is -2.15. The van der Waals surface area contributed by atoms with Gasteiger partial charge in [0.25, 0.3) is 0 Å². The molecular formula is C25H16BrClO6. The van der Waals surface area contributed by atoms with E-state index in [-0.39, 0.29) is 45.2 Å². The Balaban J connectivity index is 1.82. The summed E-state index contributed by atoms with van der Waals surface area (Å²) in [6.45, 7) is 1.76. The Morgan fingerprint density at radius 1 is 1.00 bits per heavy atom. The van der Waals surface area contributed by atoms with E-state index in [0.717, 1.165) is 4.47 Å². The number of halogens is 2. The molecule has 0 atom stereocenters. The predicted octanol–water partition coefficient (Wildman–Crippen LogP) is 6.27. The highest BCUT2D eigenvalue weighted by molar-refractivity contribution is 9.10. The molecule has 0 saturated heterocycles. The summed E-state index contributed by atoms with van der Waals surface area (Å²) in [5.41, 5.74) is 0.456. The SMILES string of the molecule is CCOC(=O)c1oc2cc(OC(=O)c3ccccc3Cl)ccc2c(=O)c1-c1ccc(Br)cc1. The van der Waals surface area contributed by atoms with Gasteiger partial charge in [-0.2, -0.15) is 0 Å². The fourth-order valence-corrected chi connectivity index (χ4v) is 3.72. The lowest BCUT2D eigenvalue weighted by Gasteiger charge is -2.11. The van der Waals surface area contributed by atoms with Crippen LogP contribution in [0.3, 0.4) is 0 Å². The van der Waals surface area contributed by atoms with E-state index in [9.17, 15) is 14.4 Å². The number of rotatable bonds is 5. The second-order valence-electron chi connectivity index (χ2n) is 6.89. The maximum absolute atomic E-state index is 13.3. The van der Waals surface area contributed by atoms with E-state index in [2.05, 4.69) is 15.9 Å². The van der Waals surface area contributed by atoms with E-state index in [1.54, 1.807) is 49.4 Å². The molecule has 0 aliphatic heterocycles. The number of carbonyl (C=O) groups is 2. The van der Waals surface area contributed by atoms with Crippen molar-refractivity contribution >= 4 is 50.4 Å². The fraction of sp³-hybridized carbons (Fsp3) is 0.0800.